The number of nitrogens with two attached hydrogens (primary N) is 1. The molecule has 1 aromatic carbocycles. The summed E-state index contributed by atoms with van der Waals surface area (Å²) in [6, 6.07) is 8.20. The highest BCUT2D eigenvalue weighted by Gasteiger charge is 2.25. The summed E-state index contributed by atoms with van der Waals surface area (Å²) in [7, 11) is -3.59. The molecule has 0 spiro atoms. The van der Waals surface area contributed by atoms with Crippen molar-refractivity contribution in [1.82, 2.24) is 10.2 Å². The van der Waals surface area contributed by atoms with Crippen molar-refractivity contribution in [3.05, 3.63) is 36.0 Å². The number of nitrogen functional groups attached to an aromatic ring is 1. The molecule has 1 heterocycles. The molecule has 3 N–H and O–H groups in total. The van der Waals surface area contributed by atoms with Crippen molar-refractivity contribution in [1.29, 1.82) is 0 Å². The van der Waals surface area contributed by atoms with Gasteiger partial charge in [0.2, 0.25) is 9.84 Å². The van der Waals surface area contributed by atoms with E-state index >= 15 is 0 Å². The van der Waals surface area contributed by atoms with Crippen molar-refractivity contribution in [2.45, 2.75) is 23.1 Å². The van der Waals surface area contributed by atoms with E-state index in [1.54, 1.807) is 30.3 Å². The summed E-state index contributed by atoms with van der Waals surface area (Å²) in [5.41, 5.74) is 6.15. The normalized spacial score (nSPS) is 11.6. The molecule has 0 radical (unpaired) electrons. The number of hydrogen-bond acceptors (Lipinski definition) is 4. The summed E-state index contributed by atoms with van der Waals surface area (Å²) < 4.78 is 24.7. The van der Waals surface area contributed by atoms with Gasteiger partial charge < -0.3 is 5.73 Å². The zero-order valence-electron chi connectivity index (χ0n) is 9.34. The minimum absolute atomic E-state index is 0.0192. The number of hydrogen-bond donors (Lipinski definition) is 2. The smallest absolute Gasteiger partial charge is 0.212 e. The van der Waals surface area contributed by atoms with Crippen LogP contribution in [0.5, 0.6) is 0 Å². The van der Waals surface area contributed by atoms with E-state index < -0.39 is 9.84 Å². The number of aromatic amines is 1. The highest BCUT2D eigenvalue weighted by atomic mass is 32.2. The standard InChI is InChI=1S/C11H13N3O2S/c1-2-9-10(11(12)14-13-9)17(15,16)8-6-4-3-5-7-8/h3-7H,2H2,1H3,(H3,12,13,14). The van der Waals surface area contributed by atoms with Gasteiger partial charge in [-0.2, -0.15) is 5.10 Å². The third-order valence-corrected chi connectivity index (χ3v) is 4.38. The molecule has 5 nitrogen and oxygen atoms in total. The Morgan fingerprint density at radius 1 is 1.29 bits per heavy atom. The Kier molecular flexibility index (Phi) is 2.89. The van der Waals surface area contributed by atoms with E-state index in [9.17, 15) is 8.42 Å². The number of anilines is 1. The average molecular weight is 251 g/mol. The Balaban J connectivity index is 2.64. The minimum atomic E-state index is -3.59. The first-order valence-electron chi connectivity index (χ1n) is 5.20. The molecule has 0 unspecified atom stereocenters. The third kappa shape index (κ3) is 1.91. The Bertz CT molecular complexity index is 617. The maximum atomic E-state index is 12.4. The van der Waals surface area contributed by atoms with E-state index in [0.29, 0.717) is 12.1 Å². The molecule has 2 rings (SSSR count). The van der Waals surface area contributed by atoms with E-state index in [4.69, 9.17) is 5.73 Å². The summed E-state index contributed by atoms with van der Waals surface area (Å²) in [6.07, 6.45) is 0.533. The van der Waals surface area contributed by atoms with Gasteiger partial charge in [-0.05, 0) is 18.6 Å². The molecule has 0 atom stereocenters. The highest BCUT2D eigenvalue weighted by Crippen LogP contribution is 2.27. The van der Waals surface area contributed by atoms with E-state index in [0.717, 1.165) is 0 Å². The fourth-order valence-electron chi connectivity index (χ4n) is 1.64. The van der Waals surface area contributed by atoms with Crippen LogP contribution in [0.2, 0.25) is 0 Å². The van der Waals surface area contributed by atoms with Gasteiger partial charge in [0.15, 0.2) is 5.82 Å². The van der Waals surface area contributed by atoms with Crippen molar-refractivity contribution < 1.29 is 8.42 Å². The maximum absolute atomic E-state index is 12.4. The van der Waals surface area contributed by atoms with Crippen LogP contribution >= 0.6 is 0 Å². The molecule has 0 fully saturated rings. The molecule has 0 aliphatic heterocycles. The molecule has 90 valence electrons. The fourth-order valence-corrected chi connectivity index (χ4v) is 3.23. The van der Waals surface area contributed by atoms with Gasteiger partial charge in [0.1, 0.15) is 4.90 Å². The lowest BCUT2D eigenvalue weighted by atomic mass is 10.3. The summed E-state index contributed by atoms with van der Waals surface area (Å²) >= 11 is 0. The van der Waals surface area contributed by atoms with Crippen molar-refractivity contribution in [2.75, 3.05) is 5.73 Å². The van der Waals surface area contributed by atoms with Crippen LogP contribution in [0, 0.1) is 0 Å². The van der Waals surface area contributed by atoms with Crippen LogP contribution in [-0.4, -0.2) is 18.6 Å². The maximum Gasteiger partial charge on any atom is 0.212 e. The predicted octanol–water partition coefficient (Wildman–Crippen LogP) is 1.39. The molecule has 17 heavy (non-hydrogen) atoms. The number of nitrogens with one attached hydrogen (secondary N) is 1. The van der Waals surface area contributed by atoms with Crippen LogP contribution in [0.1, 0.15) is 12.6 Å². The van der Waals surface area contributed by atoms with Gasteiger partial charge in [0.05, 0.1) is 10.6 Å². The van der Waals surface area contributed by atoms with E-state index in [1.807, 2.05) is 6.92 Å². The fraction of sp³-hybridized carbons (Fsp3) is 0.182. The lowest BCUT2D eigenvalue weighted by Crippen LogP contribution is -2.06. The molecule has 0 bridgehead atoms. The molecule has 1 aromatic heterocycles. The first kappa shape index (κ1) is 11.7. The second kappa shape index (κ2) is 4.21. The average Bonchev–Trinajstić information content (AvgIpc) is 2.72. The highest BCUT2D eigenvalue weighted by molar-refractivity contribution is 7.91. The van der Waals surface area contributed by atoms with Crippen LogP contribution < -0.4 is 5.73 Å². The van der Waals surface area contributed by atoms with Crippen LogP contribution in [0.15, 0.2) is 40.1 Å². The lowest BCUT2D eigenvalue weighted by molar-refractivity contribution is 0.595. The van der Waals surface area contributed by atoms with E-state index in [1.165, 1.54) is 0 Å². The van der Waals surface area contributed by atoms with Gasteiger partial charge in [0.25, 0.3) is 0 Å². The summed E-state index contributed by atoms with van der Waals surface area (Å²) in [6.45, 7) is 1.84. The quantitative estimate of drug-likeness (QED) is 0.862. The summed E-state index contributed by atoms with van der Waals surface area (Å²) in [4.78, 5) is 0.314. The van der Waals surface area contributed by atoms with Crippen LogP contribution in [0.4, 0.5) is 5.82 Å². The van der Waals surface area contributed by atoms with Crippen LogP contribution in [0.25, 0.3) is 0 Å². The van der Waals surface area contributed by atoms with Gasteiger partial charge in [0, 0.05) is 0 Å². The molecule has 0 saturated carbocycles. The van der Waals surface area contributed by atoms with Gasteiger partial charge >= 0.3 is 0 Å². The van der Waals surface area contributed by atoms with Crippen molar-refractivity contribution in [3.63, 3.8) is 0 Å². The summed E-state index contributed by atoms with van der Waals surface area (Å²) in [5.74, 6) is 0.0192. The zero-order chi connectivity index (χ0) is 12.5. The number of benzene rings is 1. The Morgan fingerprint density at radius 3 is 2.53 bits per heavy atom. The zero-order valence-corrected chi connectivity index (χ0v) is 10.2. The first-order valence-corrected chi connectivity index (χ1v) is 6.68. The van der Waals surface area contributed by atoms with E-state index in [2.05, 4.69) is 10.2 Å². The number of nitrogens with zero attached hydrogens (tertiary/aromatic N) is 1. The largest absolute Gasteiger partial charge is 0.381 e. The topological polar surface area (TPSA) is 88.8 Å². The van der Waals surface area contributed by atoms with Gasteiger partial charge in [-0.3, -0.25) is 5.10 Å². The molecule has 0 amide bonds. The van der Waals surface area contributed by atoms with Gasteiger partial charge in [-0.1, -0.05) is 25.1 Å². The third-order valence-electron chi connectivity index (χ3n) is 2.49. The van der Waals surface area contributed by atoms with E-state index in [-0.39, 0.29) is 15.6 Å². The Hall–Kier alpha value is -1.82. The molecule has 0 aliphatic rings. The van der Waals surface area contributed by atoms with Crippen LogP contribution in [-0.2, 0) is 16.3 Å². The molecule has 6 heteroatoms. The second-order valence-corrected chi connectivity index (χ2v) is 5.47. The predicted molar refractivity (Wildman–Crippen MR) is 64.3 cm³/mol. The van der Waals surface area contributed by atoms with Crippen LogP contribution in [0.3, 0.4) is 0 Å². The number of rotatable bonds is 3. The van der Waals surface area contributed by atoms with Crippen molar-refractivity contribution in [2.24, 2.45) is 0 Å². The number of H-pyrrole nitrogens is 1. The lowest BCUT2D eigenvalue weighted by Gasteiger charge is -2.04. The first-order chi connectivity index (χ1) is 8.07. The monoisotopic (exact) mass is 251 g/mol. The molecular weight excluding hydrogens is 238 g/mol. The molecule has 0 aliphatic carbocycles. The number of sulfone groups is 1. The number of aryl methyl sites for hydroxylation is 1. The Labute approximate surface area is 99.6 Å². The van der Waals surface area contributed by atoms with Crippen molar-refractivity contribution in [3.8, 4) is 0 Å². The minimum Gasteiger partial charge on any atom is -0.381 e. The molecule has 0 saturated heterocycles. The molecule has 2 aromatic rings. The summed E-state index contributed by atoms with van der Waals surface area (Å²) in [5, 5.41) is 6.40. The van der Waals surface area contributed by atoms with Gasteiger partial charge in [-0.15, -0.1) is 0 Å². The SMILES string of the molecule is CCc1[nH]nc(N)c1S(=O)(=O)c1ccccc1. The van der Waals surface area contributed by atoms with Crippen molar-refractivity contribution >= 4 is 15.7 Å². The second-order valence-electron chi connectivity index (χ2n) is 3.59. The van der Waals surface area contributed by atoms with Gasteiger partial charge in [-0.25, -0.2) is 8.42 Å². The Morgan fingerprint density at radius 2 is 1.94 bits per heavy atom. The molecular formula is C11H13N3O2S. The number of aromatic nitrogens is 2.